The van der Waals surface area contributed by atoms with Gasteiger partial charge in [-0.3, -0.25) is 9.59 Å². The van der Waals surface area contributed by atoms with E-state index in [1.54, 1.807) is 17.0 Å². The molecule has 0 heterocycles. The summed E-state index contributed by atoms with van der Waals surface area (Å²) >= 11 is 0. The van der Waals surface area contributed by atoms with E-state index in [4.69, 9.17) is 0 Å². The summed E-state index contributed by atoms with van der Waals surface area (Å²) in [6.07, 6.45) is 0.979. The van der Waals surface area contributed by atoms with Crippen LogP contribution in [0.1, 0.15) is 33.6 Å². The molecule has 0 aromatic heterocycles. The molecule has 0 radical (unpaired) electrons. The van der Waals surface area contributed by atoms with Gasteiger partial charge in [-0.1, -0.05) is 19.1 Å². The minimum atomic E-state index is -0.466. The van der Waals surface area contributed by atoms with Crippen molar-refractivity contribution in [1.29, 1.82) is 0 Å². The molecule has 20 heavy (non-hydrogen) atoms. The number of benzene rings is 1. The number of carbonyl (C=O) groups excluding carboxylic acids is 2. The van der Waals surface area contributed by atoms with E-state index < -0.39 is 5.82 Å². The molecule has 0 spiro atoms. The van der Waals surface area contributed by atoms with Crippen LogP contribution < -0.4 is 5.32 Å². The second-order valence-corrected chi connectivity index (χ2v) is 4.75. The van der Waals surface area contributed by atoms with Crippen LogP contribution in [0.5, 0.6) is 0 Å². The topological polar surface area (TPSA) is 49.4 Å². The number of nitrogens with zero attached hydrogens (tertiary/aromatic N) is 1. The molecule has 0 aliphatic heterocycles. The van der Waals surface area contributed by atoms with Crippen LogP contribution in [0.3, 0.4) is 0 Å². The Kier molecular flexibility index (Phi) is 6.15. The van der Waals surface area contributed by atoms with E-state index in [1.165, 1.54) is 19.1 Å². The second-order valence-electron chi connectivity index (χ2n) is 4.75. The molecule has 1 aromatic carbocycles. The number of rotatable bonds is 6. The van der Waals surface area contributed by atoms with Crippen molar-refractivity contribution in [3.63, 3.8) is 0 Å². The lowest BCUT2D eigenvalue weighted by Gasteiger charge is -2.27. The van der Waals surface area contributed by atoms with Crippen molar-refractivity contribution in [1.82, 2.24) is 4.90 Å². The van der Waals surface area contributed by atoms with Gasteiger partial charge >= 0.3 is 0 Å². The van der Waals surface area contributed by atoms with Crippen molar-refractivity contribution in [3.05, 3.63) is 30.1 Å². The molecule has 1 atom stereocenters. The summed E-state index contributed by atoms with van der Waals surface area (Å²) in [5.41, 5.74) is 0.162. The second kappa shape index (κ2) is 7.62. The summed E-state index contributed by atoms with van der Waals surface area (Å²) in [4.78, 5) is 24.9. The molecule has 0 fully saturated rings. The van der Waals surface area contributed by atoms with Crippen molar-refractivity contribution in [2.24, 2.45) is 0 Å². The number of amides is 2. The molecular formula is C15H21FN2O2. The average molecular weight is 280 g/mol. The zero-order valence-electron chi connectivity index (χ0n) is 12.1. The van der Waals surface area contributed by atoms with Crippen molar-refractivity contribution < 1.29 is 14.0 Å². The van der Waals surface area contributed by atoms with Gasteiger partial charge in [-0.05, 0) is 25.5 Å². The predicted molar refractivity (Wildman–Crippen MR) is 76.8 cm³/mol. The lowest BCUT2D eigenvalue weighted by Crippen LogP contribution is -2.38. The first-order chi connectivity index (χ1) is 9.45. The highest BCUT2D eigenvalue weighted by Crippen LogP contribution is 2.13. The fourth-order valence-corrected chi connectivity index (χ4v) is 1.91. The highest BCUT2D eigenvalue weighted by molar-refractivity contribution is 5.91. The maximum absolute atomic E-state index is 13.4. The third kappa shape index (κ3) is 4.64. The molecule has 1 N–H and O–H groups in total. The number of para-hydroxylation sites is 1. The molecule has 2 amide bonds. The third-order valence-corrected chi connectivity index (χ3v) is 3.26. The van der Waals surface area contributed by atoms with E-state index >= 15 is 0 Å². The standard InChI is InChI=1S/C15H21FN2O2/c1-4-11(2)18(12(3)19)10-9-15(20)17-14-8-6-5-7-13(14)16/h5-8,11H,4,9-10H2,1-3H3,(H,17,20). The first-order valence-corrected chi connectivity index (χ1v) is 6.77. The van der Waals surface area contributed by atoms with Gasteiger partial charge in [0.25, 0.3) is 0 Å². The Hall–Kier alpha value is -1.91. The van der Waals surface area contributed by atoms with Gasteiger partial charge in [0.15, 0.2) is 0 Å². The van der Waals surface area contributed by atoms with Crippen LogP contribution in [0.2, 0.25) is 0 Å². The molecular weight excluding hydrogens is 259 g/mol. The summed E-state index contributed by atoms with van der Waals surface area (Å²) in [5.74, 6) is -0.825. The first kappa shape index (κ1) is 16.1. The Bertz CT molecular complexity index is 477. The summed E-state index contributed by atoms with van der Waals surface area (Å²) in [6, 6.07) is 6.10. The quantitative estimate of drug-likeness (QED) is 0.871. The number of hydrogen-bond acceptors (Lipinski definition) is 2. The average Bonchev–Trinajstić information content (AvgIpc) is 2.41. The van der Waals surface area contributed by atoms with E-state index in [-0.39, 0.29) is 30.0 Å². The highest BCUT2D eigenvalue weighted by atomic mass is 19.1. The van der Waals surface area contributed by atoms with Gasteiger partial charge in [0.2, 0.25) is 11.8 Å². The van der Waals surface area contributed by atoms with Gasteiger partial charge in [0, 0.05) is 25.9 Å². The van der Waals surface area contributed by atoms with Crippen LogP contribution >= 0.6 is 0 Å². The van der Waals surface area contributed by atoms with Crippen LogP contribution in [0, 0.1) is 5.82 Å². The molecule has 5 heteroatoms. The van der Waals surface area contributed by atoms with Crippen molar-refractivity contribution in [3.8, 4) is 0 Å². The number of nitrogens with one attached hydrogen (secondary N) is 1. The third-order valence-electron chi connectivity index (χ3n) is 3.26. The molecule has 110 valence electrons. The lowest BCUT2D eigenvalue weighted by atomic mass is 10.2. The van der Waals surface area contributed by atoms with E-state index in [0.29, 0.717) is 6.54 Å². The highest BCUT2D eigenvalue weighted by Gasteiger charge is 2.16. The minimum absolute atomic E-state index is 0.0574. The van der Waals surface area contributed by atoms with Crippen LogP contribution in [0.25, 0.3) is 0 Å². The van der Waals surface area contributed by atoms with Gasteiger partial charge in [-0.25, -0.2) is 4.39 Å². The Morgan fingerprint density at radius 3 is 2.55 bits per heavy atom. The van der Waals surface area contributed by atoms with E-state index in [0.717, 1.165) is 6.42 Å². The lowest BCUT2D eigenvalue weighted by molar-refractivity contribution is -0.131. The summed E-state index contributed by atoms with van der Waals surface area (Å²) in [5, 5.41) is 2.51. The SMILES string of the molecule is CCC(C)N(CCC(=O)Nc1ccccc1F)C(C)=O. The Morgan fingerprint density at radius 2 is 2.00 bits per heavy atom. The monoisotopic (exact) mass is 280 g/mol. The molecule has 1 unspecified atom stereocenters. The Labute approximate surface area is 119 Å². The zero-order valence-corrected chi connectivity index (χ0v) is 12.1. The zero-order chi connectivity index (χ0) is 15.1. The normalized spacial score (nSPS) is 11.8. The summed E-state index contributed by atoms with van der Waals surface area (Å²) < 4.78 is 13.4. The maximum atomic E-state index is 13.4. The number of halogens is 1. The van der Waals surface area contributed by atoms with Gasteiger partial charge in [-0.15, -0.1) is 0 Å². The fraction of sp³-hybridized carbons (Fsp3) is 0.467. The van der Waals surface area contributed by atoms with Gasteiger partial charge in [-0.2, -0.15) is 0 Å². The van der Waals surface area contributed by atoms with Crippen LogP contribution in [-0.4, -0.2) is 29.3 Å². The largest absolute Gasteiger partial charge is 0.340 e. The maximum Gasteiger partial charge on any atom is 0.226 e. The fourth-order valence-electron chi connectivity index (χ4n) is 1.91. The number of hydrogen-bond donors (Lipinski definition) is 1. The summed E-state index contributed by atoms with van der Waals surface area (Å²) in [6.45, 7) is 5.75. The van der Waals surface area contributed by atoms with Crippen LogP contribution in [0.4, 0.5) is 10.1 Å². The Morgan fingerprint density at radius 1 is 1.35 bits per heavy atom. The summed E-state index contributed by atoms with van der Waals surface area (Å²) in [7, 11) is 0. The predicted octanol–water partition coefficient (Wildman–Crippen LogP) is 2.80. The minimum Gasteiger partial charge on any atom is -0.340 e. The first-order valence-electron chi connectivity index (χ1n) is 6.77. The molecule has 1 aromatic rings. The Balaban J connectivity index is 2.54. The number of anilines is 1. The van der Waals surface area contributed by atoms with E-state index in [1.807, 2.05) is 13.8 Å². The van der Waals surface area contributed by atoms with Gasteiger partial charge < -0.3 is 10.2 Å². The van der Waals surface area contributed by atoms with E-state index in [2.05, 4.69) is 5.32 Å². The smallest absolute Gasteiger partial charge is 0.226 e. The molecule has 4 nitrogen and oxygen atoms in total. The molecule has 0 aliphatic carbocycles. The molecule has 0 saturated heterocycles. The molecule has 0 bridgehead atoms. The van der Waals surface area contributed by atoms with Crippen molar-refractivity contribution in [2.75, 3.05) is 11.9 Å². The molecule has 1 rings (SSSR count). The van der Waals surface area contributed by atoms with Gasteiger partial charge in [0.1, 0.15) is 5.82 Å². The van der Waals surface area contributed by atoms with E-state index in [9.17, 15) is 14.0 Å². The molecule has 0 aliphatic rings. The number of carbonyl (C=O) groups is 2. The van der Waals surface area contributed by atoms with Crippen molar-refractivity contribution in [2.45, 2.75) is 39.7 Å². The van der Waals surface area contributed by atoms with Crippen LogP contribution in [-0.2, 0) is 9.59 Å². The van der Waals surface area contributed by atoms with Crippen molar-refractivity contribution >= 4 is 17.5 Å². The van der Waals surface area contributed by atoms with Crippen LogP contribution in [0.15, 0.2) is 24.3 Å². The van der Waals surface area contributed by atoms with Gasteiger partial charge in [0.05, 0.1) is 5.69 Å². The molecule has 0 saturated carbocycles.